The predicted octanol–water partition coefficient (Wildman–Crippen LogP) is 4.27. The van der Waals surface area contributed by atoms with E-state index < -0.39 is 0 Å². The third-order valence-corrected chi connectivity index (χ3v) is 5.67. The van der Waals surface area contributed by atoms with Crippen LogP contribution in [0.4, 0.5) is 11.4 Å². The zero-order valence-corrected chi connectivity index (χ0v) is 14.2. The zero-order valence-electron chi connectivity index (χ0n) is 14.2. The van der Waals surface area contributed by atoms with Gasteiger partial charge in [0.15, 0.2) is 0 Å². The Labute approximate surface area is 148 Å². The maximum Gasteiger partial charge on any atom is 0.227 e. The number of benzene rings is 2. The van der Waals surface area contributed by atoms with Gasteiger partial charge < -0.3 is 9.80 Å². The summed E-state index contributed by atoms with van der Waals surface area (Å²) < 4.78 is 0. The minimum absolute atomic E-state index is 0.259. The molecule has 3 nitrogen and oxygen atoms in total. The molecular formula is C22H22N2O. The highest BCUT2D eigenvalue weighted by Gasteiger charge is 2.40. The topological polar surface area (TPSA) is 23.6 Å². The van der Waals surface area contributed by atoms with Crippen molar-refractivity contribution in [2.75, 3.05) is 4.90 Å². The SMILES string of the molecule is O=C1CC(C2Cc3ccccc3N2c2ccccc2)C=CN1C1CC1. The van der Waals surface area contributed by atoms with Gasteiger partial charge in [0.25, 0.3) is 0 Å². The Bertz CT molecular complexity index is 825. The number of fused-ring (bicyclic) bond motifs is 1. The fraction of sp³-hybridized carbons (Fsp3) is 0.318. The second-order valence-electron chi connectivity index (χ2n) is 7.35. The van der Waals surface area contributed by atoms with Gasteiger partial charge in [0.05, 0.1) is 0 Å². The van der Waals surface area contributed by atoms with Crippen molar-refractivity contribution in [3.63, 3.8) is 0 Å². The molecule has 0 saturated heterocycles. The molecule has 1 aliphatic carbocycles. The van der Waals surface area contributed by atoms with Gasteiger partial charge in [-0.2, -0.15) is 0 Å². The maximum atomic E-state index is 12.6. The largest absolute Gasteiger partial charge is 0.337 e. The van der Waals surface area contributed by atoms with E-state index in [1.165, 1.54) is 16.9 Å². The standard InChI is InChI=1S/C22H22N2O/c25-22-15-17(12-13-23(22)18-10-11-18)21-14-16-6-4-5-9-20(16)24(21)19-7-2-1-3-8-19/h1-9,12-13,17-18,21H,10-11,14-15H2. The average Bonchev–Trinajstić information content (AvgIpc) is 3.41. The van der Waals surface area contributed by atoms with Gasteiger partial charge in [-0.15, -0.1) is 0 Å². The van der Waals surface area contributed by atoms with Crippen LogP contribution in [0.15, 0.2) is 66.9 Å². The van der Waals surface area contributed by atoms with Crippen LogP contribution < -0.4 is 4.90 Å². The van der Waals surface area contributed by atoms with Crippen molar-refractivity contribution in [1.29, 1.82) is 0 Å². The van der Waals surface area contributed by atoms with Crippen molar-refractivity contribution < 1.29 is 4.79 Å². The molecule has 2 aromatic carbocycles. The molecule has 0 radical (unpaired) electrons. The van der Waals surface area contributed by atoms with E-state index in [2.05, 4.69) is 71.8 Å². The molecule has 25 heavy (non-hydrogen) atoms. The van der Waals surface area contributed by atoms with E-state index in [-0.39, 0.29) is 5.92 Å². The first-order chi connectivity index (χ1) is 12.3. The molecular weight excluding hydrogens is 308 g/mol. The van der Waals surface area contributed by atoms with Crippen LogP contribution in [-0.4, -0.2) is 22.9 Å². The van der Waals surface area contributed by atoms with Gasteiger partial charge in [-0.05, 0) is 43.0 Å². The van der Waals surface area contributed by atoms with Crippen molar-refractivity contribution in [1.82, 2.24) is 4.90 Å². The molecule has 2 atom stereocenters. The summed E-state index contributed by atoms with van der Waals surface area (Å²) in [6.07, 6.45) is 8.26. The van der Waals surface area contributed by atoms with Gasteiger partial charge in [0, 0.05) is 42.0 Å². The fourth-order valence-corrected chi connectivity index (χ4v) is 4.28. The van der Waals surface area contributed by atoms with Gasteiger partial charge in [-0.1, -0.05) is 42.5 Å². The average molecular weight is 330 g/mol. The summed E-state index contributed by atoms with van der Waals surface area (Å²) in [7, 11) is 0. The molecule has 1 fully saturated rings. The molecule has 2 unspecified atom stereocenters. The second kappa shape index (κ2) is 5.76. The first-order valence-corrected chi connectivity index (χ1v) is 9.23. The Morgan fingerprint density at radius 2 is 1.64 bits per heavy atom. The number of carbonyl (C=O) groups is 1. The summed E-state index contributed by atoms with van der Waals surface area (Å²) in [4.78, 5) is 17.0. The van der Waals surface area contributed by atoms with Crippen molar-refractivity contribution in [3.05, 3.63) is 72.4 Å². The van der Waals surface area contributed by atoms with Crippen LogP contribution in [0.2, 0.25) is 0 Å². The first kappa shape index (κ1) is 14.8. The summed E-state index contributed by atoms with van der Waals surface area (Å²) in [5.74, 6) is 0.550. The number of nitrogens with zero attached hydrogens (tertiary/aromatic N) is 2. The summed E-state index contributed by atoms with van der Waals surface area (Å²) in [6, 6.07) is 20.0. The highest BCUT2D eigenvalue weighted by atomic mass is 16.2. The Morgan fingerprint density at radius 1 is 0.880 bits per heavy atom. The number of anilines is 2. The van der Waals surface area contributed by atoms with Crippen molar-refractivity contribution in [3.8, 4) is 0 Å². The third-order valence-electron chi connectivity index (χ3n) is 5.67. The molecule has 0 spiro atoms. The quantitative estimate of drug-likeness (QED) is 0.839. The van der Waals surface area contributed by atoms with E-state index in [0.717, 1.165) is 19.3 Å². The van der Waals surface area contributed by atoms with Gasteiger partial charge in [0.2, 0.25) is 5.91 Å². The smallest absolute Gasteiger partial charge is 0.227 e. The molecule has 126 valence electrons. The molecule has 3 aliphatic rings. The molecule has 5 rings (SSSR count). The zero-order chi connectivity index (χ0) is 16.8. The molecule has 1 amide bonds. The fourth-order valence-electron chi connectivity index (χ4n) is 4.28. The predicted molar refractivity (Wildman–Crippen MR) is 99.6 cm³/mol. The number of amides is 1. The van der Waals surface area contributed by atoms with Gasteiger partial charge in [-0.3, -0.25) is 4.79 Å². The maximum absolute atomic E-state index is 12.6. The lowest BCUT2D eigenvalue weighted by Gasteiger charge is -2.35. The van der Waals surface area contributed by atoms with Crippen LogP contribution in [-0.2, 0) is 11.2 Å². The van der Waals surface area contributed by atoms with Crippen LogP contribution in [0.1, 0.15) is 24.8 Å². The first-order valence-electron chi connectivity index (χ1n) is 9.23. The molecule has 2 aromatic rings. The highest BCUT2D eigenvalue weighted by Crippen LogP contribution is 2.43. The third kappa shape index (κ3) is 2.55. The van der Waals surface area contributed by atoms with Crippen LogP contribution in [0.5, 0.6) is 0 Å². The number of para-hydroxylation sites is 2. The Morgan fingerprint density at radius 3 is 2.40 bits per heavy atom. The van der Waals surface area contributed by atoms with E-state index in [4.69, 9.17) is 0 Å². The van der Waals surface area contributed by atoms with Crippen LogP contribution in [0, 0.1) is 5.92 Å². The van der Waals surface area contributed by atoms with E-state index in [1.54, 1.807) is 0 Å². The molecule has 0 aromatic heterocycles. The Balaban J connectivity index is 1.50. The van der Waals surface area contributed by atoms with Crippen molar-refractivity contribution >= 4 is 17.3 Å². The van der Waals surface area contributed by atoms with Crippen molar-refractivity contribution in [2.45, 2.75) is 37.8 Å². The number of rotatable bonds is 3. The van der Waals surface area contributed by atoms with E-state index in [9.17, 15) is 4.79 Å². The molecule has 2 heterocycles. The van der Waals surface area contributed by atoms with E-state index >= 15 is 0 Å². The lowest BCUT2D eigenvalue weighted by molar-refractivity contribution is -0.130. The van der Waals surface area contributed by atoms with Gasteiger partial charge >= 0.3 is 0 Å². The number of hydrogen-bond donors (Lipinski definition) is 0. The molecule has 3 heteroatoms. The number of carbonyl (C=O) groups excluding carboxylic acids is 1. The molecule has 2 aliphatic heterocycles. The van der Waals surface area contributed by atoms with E-state index in [0.29, 0.717) is 24.4 Å². The normalized spacial score (nSPS) is 25.4. The van der Waals surface area contributed by atoms with Gasteiger partial charge in [0.1, 0.15) is 0 Å². The monoisotopic (exact) mass is 330 g/mol. The highest BCUT2D eigenvalue weighted by molar-refractivity contribution is 5.80. The van der Waals surface area contributed by atoms with Crippen molar-refractivity contribution in [2.24, 2.45) is 5.92 Å². The molecule has 1 saturated carbocycles. The Hall–Kier alpha value is -2.55. The molecule has 0 bridgehead atoms. The molecule has 0 N–H and O–H groups in total. The Kier molecular flexibility index (Phi) is 3.40. The summed E-state index contributed by atoms with van der Waals surface area (Å²) in [6.45, 7) is 0. The van der Waals surface area contributed by atoms with Gasteiger partial charge in [-0.25, -0.2) is 0 Å². The second-order valence-corrected chi connectivity index (χ2v) is 7.35. The summed E-state index contributed by atoms with van der Waals surface area (Å²) in [5.41, 5.74) is 3.87. The number of hydrogen-bond acceptors (Lipinski definition) is 2. The van der Waals surface area contributed by atoms with Crippen LogP contribution >= 0.6 is 0 Å². The summed E-state index contributed by atoms with van der Waals surface area (Å²) >= 11 is 0. The minimum Gasteiger partial charge on any atom is -0.337 e. The van der Waals surface area contributed by atoms with E-state index in [1.807, 2.05) is 4.90 Å². The summed E-state index contributed by atoms with van der Waals surface area (Å²) in [5, 5.41) is 0. The minimum atomic E-state index is 0.259. The lowest BCUT2D eigenvalue weighted by Crippen LogP contribution is -2.41. The van der Waals surface area contributed by atoms with Crippen LogP contribution in [0.3, 0.4) is 0 Å². The lowest BCUT2D eigenvalue weighted by atomic mass is 9.90. The van der Waals surface area contributed by atoms with Crippen LogP contribution in [0.25, 0.3) is 0 Å².